The molecule has 0 amide bonds. The molecular formula is C17H29FIN3O3. The number of hydrogen-bond acceptors (Lipinski definition) is 4. The first kappa shape index (κ1) is 23.9. The molecule has 1 rings (SSSR count). The van der Waals surface area contributed by atoms with Gasteiger partial charge in [0.2, 0.25) is 0 Å². The Labute approximate surface area is 166 Å². The van der Waals surface area contributed by atoms with Gasteiger partial charge in [-0.15, -0.1) is 24.0 Å². The molecule has 144 valence electrons. The standard InChI is InChI=1S/C17H28FN3O3.HI/c1-3-19-17(20-10-5-11-23-4-2)21-12-15(22)13-24-16-8-6-14(18)7-9-16;/h6-9,15,22H,3-5,10-13H2,1-2H3,(H2,19,20,21);1H. The first-order valence-corrected chi connectivity index (χ1v) is 8.32. The van der Waals surface area contributed by atoms with Crippen LogP contribution in [-0.4, -0.2) is 56.6 Å². The second kappa shape index (κ2) is 15.2. The van der Waals surface area contributed by atoms with E-state index in [1.54, 1.807) is 0 Å². The van der Waals surface area contributed by atoms with Crippen molar-refractivity contribution in [1.82, 2.24) is 10.6 Å². The maximum absolute atomic E-state index is 12.8. The highest BCUT2D eigenvalue weighted by Crippen LogP contribution is 2.11. The van der Waals surface area contributed by atoms with Crippen LogP contribution in [0.4, 0.5) is 4.39 Å². The molecule has 0 bridgehead atoms. The van der Waals surface area contributed by atoms with Gasteiger partial charge < -0.3 is 25.2 Å². The van der Waals surface area contributed by atoms with Crippen molar-refractivity contribution in [2.45, 2.75) is 26.4 Å². The van der Waals surface area contributed by atoms with E-state index < -0.39 is 6.10 Å². The molecule has 0 aromatic heterocycles. The first-order valence-electron chi connectivity index (χ1n) is 8.32. The Bertz CT molecular complexity index is 475. The molecule has 0 aliphatic rings. The summed E-state index contributed by atoms with van der Waals surface area (Å²) < 4.78 is 23.5. The lowest BCUT2D eigenvalue weighted by Crippen LogP contribution is -2.39. The third-order valence-electron chi connectivity index (χ3n) is 3.02. The number of aliphatic hydroxyl groups is 1. The van der Waals surface area contributed by atoms with Crippen LogP contribution in [0.2, 0.25) is 0 Å². The van der Waals surface area contributed by atoms with Crippen LogP contribution >= 0.6 is 24.0 Å². The van der Waals surface area contributed by atoms with E-state index in [0.29, 0.717) is 24.9 Å². The fourth-order valence-corrected chi connectivity index (χ4v) is 1.84. The van der Waals surface area contributed by atoms with Gasteiger partial charge in [0.25, 0.3) is 0 Å². The lowest BCUT2D eigenvalue weighted by atomic mass is 10.3. The zero-order chi connectivity index (χ0) is 17.6. The predicted molar refractivity (Wildman–Crippen MR) is 108 cm³/mol. The topological polar surface area (TPSA) is 75.1 Å². The Kier molecular flexibility index (Phi) is 14.5. The molecule has 1 aromatic carbocycles. The van der Waals surface area contributed by atoms with Crippen molar-refractivity contribution < 1.29 is 19.0 Å². The molecule has 0 aliphatic heterocycles. The lowest BCUT2D eigenvalue weighted by molar-refractivity contribution is 0.114. The number of aliphatic hydroxyl groups excluding tert-OH is 1. The van der Waals surface area contributed by atoms with Gasteiger partial charge in [-0.1, -0.05) is 0 Å². The predicted octanol–water partition coefficient (Wildman–Crippen LogP) is 2.17. The smallest absolute Gasteiger partial charge is 0.191 e. The summed E-state index contributed by atoms with van der Waals surface area (Å²) >= 11 is 0. The minimum absolute atomic E-state index is 0. The van der Waals surface area contributed by atoms with Crippen LogP contribution < -0.4 is 15.4 Å². The summed E-state index contributed by atoms with van der Waals surface area (Å²) in [6.45, 7) is 7.15. The molecule has 0 spiro atoms. The van der Waals surface area contributed by atoms with Crippen molar-refractivity contribution in [3.05, 3.63) is 30.1 Å². The van der Waals surface area contributed by atoms with E-state index in [4.69, 9.17) is 9.47 Å². The molecule has 1 aromatic rings. The molecule has 3 N–H and O–H groups in total. The van der Waals surface area contributed by atoms with Gasteiger partial charge in [-0.05, 0) is 44.5 Å². The zero-order valence-corrected chi connectivity index (χ0v) is 17.2. The maximum Gasteiger partial charge on any atom is 0.191 e. The van der Waals surface area contributed by atoms with Gasteiger partial charge >= 0.3 is 0 Å². The highest BCUT2D eigenvalue weighted by Gasteiger charge is 2.06. The molecule has 8 heteroatoms. The van der Waals surface area contributed by atoms with Crippen LogP contribution in [0.25, 0.3) is 0 Å². The Balaban J connectivity index is 0.00000576. The van der Waals surface area contributed by atoms with E-state index in [1.807, 2.05) is 13.8 Å². The summed E-state index contributed by atoms with van der Waals surface area (Å²) in [5.41, 5.74) is 0. The molecule has 1 unspecified atom stereocenters. The minimum atomic E-state index is -0.742. The van der Waals surface area contributed by atoms with Crippen molar-refractivity contribution in [3.63, 3.8) is 0 Å². The van der Waals surface area contributed by atoms with Gasteiger partial charge in [0.15, 0.2) is 5.96 Å². The number of benzene rings is 1. The highest BCUT2D eigenvalue weighted by atomic mass is 127. The Morgan fingerprint density at radius 1 is 1.24 bits per heavy atom. The van der Waals surface area contributed by atoms with E-state index in [2.05, 4.69) is 15.6 Å². The van der Waals surface area contributed by atoms with Crippen LogP contribution in [-0.2, 0) is 4.74 Å². The van der Waals surface area contributed by atoms with E-state index >= 15 is 0 Å². The van der Waals surface area contributed by atoms with Crippen molar-refractivity contribution in [2.75, 3.05) is 39.5 Å². The van der Waals surface area contributed by atoms with Crippen LogP contribution in [0.15, 0.2) is 29.3 Å². The molecule has 0 saturated carbocycles. The number of nitrogens with zero attached hydrogens (tertiary/aromatic N) is 1. The van der Waals surface area contributed by atoms with E-state index in [-0.39, 0.29) is 42.9 Å². The molecule has 0 aliphatic carbocycles. The summed E-state index contributed by atoms with van der Waals surface area (Å²) in [5, 5.41) is 16.2. The number of ether oxygens (including phenoxy) is 2. The first-order chi connectivity index (χ1) is 11.7. The Hall–Kier alpha value is -1.13. The van der Waals surface area contributed by atoms with Crippen molar-refractivity contribution >= 4 is 29.9 Å². The molecular weight excluding hydrogens is 440 g/mol. The summed E-state index contributed by atoms with van der Waals surface area (Å²) in [6.07, 6.45) is 0.142. The fourth-order valence-electron chi connectivity index (χ4n) is 1.84. The van der Waals surface area contributed by atoms with Crippen LogP contribution in [0.3, 0.4) is 0 Å². The normalized spacial score (nSPS) is 12.2. The third kappa shape index (κ3) is 12.0. The number of rotatable bonds is 11. The Morgan fingerprint density at radius 2 is 1.96 bits per heavy atom. The molecule has 0 heterocycles. The number of nitrogens with one attached hydrogen (secondary N) is 2. The van der Waals surface area contributed by atoms with Gasteiger partial charge in [-0.25, -0.2) is 4.39 Å². The number of halogens is 2. The fraction of sp³-hybridized carbons (Fsp3) is 0.588. The van der Waals surface area contributed by atoms with Crippen molar-refractivity contribution in [2.24, 2.45) is 4.99 Å². The van der Waals surface area contributed by atoms with Crippen LogP contribution in [0.1, 0.15) is 20.3 Å². The van der Waals surface area contributed by atoms with E-state index in [0.717, 1.165) is 19.5 Å². The zero-order valence-electron chi connectivity index (χ0n) is 14.8. The molecule has 0 saturated heterocycles. The molecule has 1 atom stereocenters. The summed E-state index contributed by atoms with van der Waals surface area (Å²) in [6, 6.07) is 5.68. The highest BCUT2D eigenvalue weighted by molar-refractivity contribution is 14.0. The number of hydrogen-bond donors (Lipinski definition) is 3. The monoisotopic (exact) mass is 469 g/mol. The molecule has 6 nitrogen and oxygen atoms in total. The number of aliphatic imine (C=N–C) groups is 1. The molecule has 0 radical (unpaired) electrons. The molecule has 25 heavy (non-hydrogen) atoms. The molecule has 0 fully saturated rings. The van der Waals surface area contributed by atoms with E-state index in [1.165, 1.54) is 24.3 Å². The van der Waals surface area contributed by atoms with Gasteiger partial charge in [0, 0.05) is 26.3 Å². The second-order valence-corrected chi connectivity index (χ2v) is 5.12. The summed E-state index contributed by atoms with van der Waals surface area (Å²) in [4.78, 5) is 4.32. The lowest BCUT2D eigenvalue weighted by Gasteiger charge is -2.14. The summed E-state index contributed by atoms with van der Waals surface area (Å²) in [5.74, 6) is 0.841. The average Bonchev–Trinajstić information content (AvgIpc) is 2.59. The van der Waals surface area contributed by atoms with Gasteiger partial charge in [-0.3, -0.25) is 4.99 Å². The van der Waals surface area contributed by atoms with Crippen molar-refractivity contribution in [3.8, 4) is 5.75 Å². The minimum Gasteiger partial charge on any atom is -0.491 e. The van der Waals surface area contributed by atoms with E-state index in [9.17, 15) is 9.50 Å². The number of guanidine groups is 1. The SMILES string of the molecule is CCNC(=NCC(O)COc1ccc(F)cc1)NCCCOCC.I. The largest absolute Gasteiger partial charge is 0.491 e. The van der Waals surface area contributed by atoms with Gasteiger partial charge in [0.05, 0.1) is 6.54 Å². The van der Waals surface area contributed by atoms with Gasteiger partial charge in [0.1, 0.15) is 24.3 Å². The third-order valence-corrected chi connectivity index (χ3v) is 3.02. The van der Waals surface area contributed by atoms with Crippen LogP contribution in [0.5, 0.6) is 5.75 Å². The Morgan fingerprint density at radius 3 is 2.60 bits per heavy atom. The maximum atomic E-state index is 12.8. The van der Waals surface area contributed by atoms with Gasteiger partial charge in [-0.2, -0.15) is 0 Å². The average molecular weight is 469 g/mol. The quantitative estimate of drug-likeness (QED) is 0.201. The summed E-state index contributed by atoms with van der Waals surface area (Å²) in [7, 11) is 0. The van der Waals surface area contributed by atoms with Crippen molar-refractivity contribution in [1.29, 1.82) is 0 Å². The second-order valence-electron chi connectivity index (χ2n) is 5.12. The van der Waals surface area contributed by atoms with Crippen LogP contribution in [0, 0.1) is 5.82 Å².